The van der Waals surface area contributed by atoms with Crippen LogP contribution in [0.25, 0.3) is 0 Å². The Balaban J connectivity index is 0.000000791. The van der Waals surface area contributed by atoms with Crippen molar-refractivity contribution in [3.05, 3.63) is 42.3 Å². The number of esters is 1. The van der Waals surface area contributed by atoms with Gasteiger partial charge >= 0.3 is 33.0 Å². The normalized spacial score (nSPS) is 8.57. The molecule has 0 saturated carbocycles. The molecule has 0 bridgehead atoms. The Kier molecular flexibility index (Phi) is 7.54. The van der Waals surface area contributed by atoms with Gasteiger partial charge in [0.2, 0.25) is 0 Å². The third kappa shape index (κ3) is 4.64. The van der Waals surface area contributed by atoms with Gasteiger partial charge in [0.15, 0.2) is 0 Å². The van der Waals surface area contributed by atoms with E-state index in [1.54, 1.807) is 25.1 Å². The van der Waals surface area contributed by atoms with Crippen LogP contribution in [0.2, 0.25) is 0 Å². The number of halogens is 1. The maximum absolute atomic E-state index is 11.1. The van der Waals surface area contributed by atoms with E-state index in [4.69, 9.17) is 14.4 Å². The van der Waals surface area contributed by atoms with E-state index in [2.05, 4.69) is 6.92 Å². The minimum absolute atomic E-state index is 0.289. The molecular weight excluding hydrogens is 253 g/mol. The van der Waals surface area contributed by atoms with Crippen LogP contribution in [-0.2, 0) is 22.0 Å². The van der Waals surface area contributed by atoms with Crippen molar-refractivity contribution >= 4 is 15.7 Å². The molecule has 2 nitrogen and oxygen atoms in total. The second-order valence-electron chi connectivity index (χ2n) is 2.42. The van der Waals surface area contributed by atoms with Gasteiger partial charge in [-0.05, 0) is 6.92 Å². The molecule has 0 saturated heterocycles. The molecule has 0 aliphatic carbocycles. The van der Waals surface area contributed by atoms with Crippen molar-refractivity contribution in [3.63, 3.8) is 0 Å². The van der Waals surface area contributed by atoms with Gasteiger partial charge in [-0.1, -0.05) is 6.07 Å². The average Bonchev–Trinajstić information content (AvgIpc) is 2.21. The first-order valence-corrected chi connectivity index (χ1v) is 8.00. The summed E-state index contributed by atoms with van der Waals surface area (Å²) in [4.78, 5) is 11.1. The van der Waals surface area contributed by atoms with Crippen molar-refractivity contribution in [3.8, 4) is 0 Å². The Bertz CT molecular complexity index is 289. The van der Waals surface area contributed by atoms with Gasteiger partial charge in [0.25, 0.3) is 0 Å². The number of hydrogen-bond acceptors (Lipinski definition) is 2. The first-order valence-electron chi connectivity index (χ1n) is 4.10. The topological polar surface area (TPSA) is 26.3 Å². The van der Waals surface area contributed by atoms with Gasteiger partial charge in [-0.25, -0.2) is 4.79 Å². The SMILES string of the molecule is [CH2-]c1cccc(C(=O)OCC)c1.[Cl][Zn+]. The number of carbonyl (C=O) groups excluding carboxylic acids is 1. The Hall–Kier alpha value is -0.527. The Morgan fingerprint density at radius 3 is 2.71 bits per heavy atom. The summed E-state index contributed by atoms with van der Waals surface area (Å²) in [5, 5.41) is 0. The van der Waals surface area contributed by atoms with Crippen LogP contribution in [0.1, 0.15) is 22.8 Å². The average molecular weight is 264 g/mol. The van der Waals surface area contributed by atoms with Gasteiger partial charge in [0.1, 0.15) is 0 Å². The zero-order valence-electron chi connectivity index (χ0n) is 8.13. The first kappa shape index (κ1) is 13.5. The summed E-state index contributed by atoms with van der Waals surface area (Å²) in [6.45, 7) is 5.90. The number of benzene rings is 1. The quantitative estimate of drug-likeness (QED) is 0.466. The molecule has 0 radical (unpaired) electrons. The van der Waals surface area contributed by atoms with Gasteiger partial charge in [0, 0.05) is 5.56 Å². The summed E-state index contributed by atoms with van der Waals surface area (Å²) in [7, 11) is 4.76. The van der Waals surface area contributed by atoms with Crippen LogP contribution in [-0.4, -0.2) is 12.6 Å². The van der Waals surface area contributed by atoms with Crippen molar-refractivity contribution in [1.29, 1.82) is 0 Å². The fraction of sp³-hybridized carbons (Fsp3) is 0.200. The van der Waals surface area contributed by atoms with E-state index in [-0.39, 0.29) is 5.97 Å². The van der Waals surface area contributed by atoms with E-state index in [0.717, 1.165) is 22.9 Å². The zero-order chi connectivity index (χ0) is 11.0. The van der Waals surface area contributed by atoms with Crippen molar-refractivity contribution in [2.75, 3.05) is 6.61 Å². The molecule has 4 heteroatoms. The predicted molar refractivity (Wildman–Crippen MR) is 52.7 cm³/mol. The predicted octanol–water partition coefficient (Wildman–Crippen LogP) is 2.73. The van der Waals surface area contributed by atoms with Gasteiger partial charge in [-0.2, -0.15) is 18.6 Å². The second-order valence-corrected chi connectivity index (χ2v) is 2.42. The molecule has 1 rings (SSSR count). The van der Waals surface area contributed by atoms with Gasteiger partial charge in [-0.3, -0.25) is 0 Å². The molecule has 1 aromatic carbocycles. The number of hydrogen-bond donors (Lipinski definition) is 0. The minimum atomic E-state index is -0.289. The molecule has 14 heavy (non-hydrogen) atoms. The molecule has 0 aromatic heterocycles. The molecule has 0 atom stereocenters. The van der Waals surface area contributed by atoms with Crippen LogP contribution in [0.5, 0.6) is 0 Å². The number of carbonyl (C=O) groups is 1. The van der Waals surface area contributed by atoms with E-state index in [9.17, 15) is 4.79 Å². The standard InChI is InChI=1S/C10H11O2.ClH.Zn/c1-3-12-10(11)9-6-4-5-8(2)7-9;;/h4-7H,2-3H2,1H3;1H;/q-1;;+2/p-1. The molecule has 1 aromatic rings. The van der Waals surface area contributed by atoms with Gasteiger partial charge in [-0.15, -0.1) is 12.1 Å². The zero-order valence-corrected chi connectivity index (χ0v) is 11.8. The maximum atomic E-state index is 11.1. The van der Waals surface area contributed by atoms with E-state index >= 15 is 0 Å². The van der Waals surface area contributed by atoms with Gasteiger partial charge < -0.3 is 4.74 Å². The van der Waals surface area contributed by atoms with E-state index in [1.807, 2.05) is 6.07 Å². The summed E-state index contributed by atoms with van der Waals surface area (Å²) in [5.41, 5.74) is 1.38. The third-order valence-electron chi connectivity index (χ3n) is 1.44. The van der Waals surface area contributed by atoms with Crippen molar-refractivity contribution < 1.29 is 26.8 Å². The first-order chi connectivity index (χ1) is 6.74. The molecule has 0 spiro atoms. The molecule has 0 amide bonds. The molecule has 0 aliphatic heterocycles. The van der Waals surface area contributed by atoms with Crippen molar-refractivity contribution in [2.24, 2.45) is 0 Å². The summed E-state index contributed by atoms with van der Waals surface area (Å²) in [6.07, 6.45) is 0. The number of rotatable bonds is 2. The van der Waals surface area contributed by atoms with Crippen LogP contribution in [0, 0.1) is 6.92 Å². The summed E-state index contributed by atoms with van der Waals surface area (Å²) >= 11 is 0.847. The van der Waals surface area contributed by atoms with Crippen LogP contribution >= 0.6 is 9.69 Å². The number of ether oxygens (including phenoxy) is 1. The van der Waals surface area contributed by atoms with Crippen LogP contribution in [0.4, 0.5) is 0 Å². The molecule has 0 aliphatic rings. The fourth-order valence-corrected chi connectivity index (χ4v) is 0.913. The Morgan fingerprint density at radius 1 is 1.57 bits per heavy atom. The molecule has 0 heterocycles. The monoisotopic (exact) mass is 262 g/mol. The van der Waals surface area contributed by atoms with E-state index in [0.29, 0.717) is 12.2 Å². The fourth-order valence-electron chi connectivity index (χ4n) is 0.913. The third-order valence-corrected chi connectivity index (χ3v) is 1.44. The second kappa shape index (κ2) is 7.84. The molecule has 0 N–H and O–H groups in total. The summed E-state index contributed by atoms with van der Waals surface area (Å²) in [5.74, 6) is -0.289. The molecule has 72 valence electrons. The Morgan fingerprint density at radius 2 is 2.21 bits per heavy atom. The molecular formula is C10H11ClO2Zn. The summed E-state index contributed by atoms with van der Waals surface area (Å²) < 4.78 is 4.82. The van der Waals surface area contributed by atoms with Crippen LogP contribution in [0.15, 0.2) is 24.3 Å². The molecule has 0 fully saturated rings. The van der Waals surface area contributed by atoms with Crippen LogP contribution in [0.3, 0.4) is 0 Å². The van der Waals surface area contributed by atoms with E-state index in [1.165, 1.54) is 0 Å². The van der Waals surface area contributed by atoms with Gasteiger partial charge in [0.05, 0.1) is 6.61 Å². The summed E-state index contributed by atoms with van der Waals surface area (Å²) in [6, 6.07) is 7.04. The molecule has 0 unspecified atom stereocenters. The van der Waals surface area contributed by atoms with Crippen molar-refractivity contribution in [2.45, 2.75) is 6.92 Å². The van der Waals surface area contributed by atoms with Crippen LogP contribution < -0.4 is 0 Å². The Labute approximate surface area is 98.3 Å². The van der Waals surface area contributed by atoms with Crippen molar-refractivity contribution in [1.82, 2.24) is 0 Å². The van der Waals surface area contributed by atoms with E-state index < -0.39 is 0 Å².